The SMILES string of the molecule is CC(C)(NC(=O)C1CC(=O)NC(c2ccccc2)N1)c1ccccc1. The molecule has 5 nitrogen and oxygen atoms in total. The second-order valence-electron chi connectivity index (χ2n) is 6.81. The molecular formula is C20H23N3O2. The van der Waals surface area contributed by atoms with Crippen LogP contribution in [0.3, 0.4) is 0 Å². The lowest BCUT2D eigenvalue weighted by Crippen LogP contribution is -2.58. The van der Waals surface area contributed by atoms with Gasteiger partial charge < -0.3 is 10.6 Å². The van der Waals surface area contributed by atoms with Crippen molar-refractivity contribution in [3.8, 4) is 0 Å². The lowest BCUT2D eigenvalue weighted by atomic mass is 9.93. The number of hydrogen-bond acceptors (Lipinski definition) is 3. The Morgan fingerprint density at radius 3 is 2.28 bits per heavy atom. The van der Waals surface area contributed by atoms with E-state index < -0.39 is 11.6 Å². The molecule has 2 amide bonds. The molecule has 2 unspecified atom stereocenters. The summed E-state index contributed by atoms with van der Waals surface area (Å²) in [6.45, 7) is 3.91. The fourth-order valence-corrected chi connectivity index (χ4v) is 3.02. The minimum atomic E-state index is -0.568. The Morgan fingerprint density at radius 2 is 1.64 bits per heavy atom. The van der Waals surface area contributed by atoms with Crippen LogP contribution in [-0.2, 0) is 15.1 Å². The highest BCUT2D eigenvalue weighted by Crippen LogP contribution is 2.21. The van der Waals surface area contributed by atoms with Crippen LogP contribution in [0.5, 0.6) is 0 Å². The van der Waals surface area contributed by atoms with Crippen LogP contribution < -0.4 is 16.0 Å². The van der Waals surface area contributed by atoms with Crippen LogP contribution in [0.2, 0.25) is 0 Å². The van der Waals surface area contributed by atoms with Gasteiger partial charge in [-0.2, -0.15) is 0 Å². The van der Waals surface area contributed by atoms with Gasteiger partial charge in [-0.3, -0.25) is 14.9 Å². The molecule has 3 rings (SSSR count). The molecule has 3 N–H and O–H groups in total. The van der Waals surface area contributed by atoms with Crippen molar-refractivity contribution in [1.82, 2.24) is 16.0 Å². The topological polar surface area (TPSA) is 70.2 Å². The van der Waals surface area contributed by atoms with Gasteiger partial charge >= 0.3 is 0 Å². The van der Waals surface area contributed by atoms with Gasteiger partial charge in [-0.15, -0.1) is 0 Å². The summed E-state index contributed by atoms with van der Waals surface area (Å²) in [4.78, 5) is 24.8. The van der Waals surface area contributed by atoms with Crippen LogP contribution >= 0.6 is 0 Å². The highest BCUT2D eigenvalue weighted by atomic mass is 16.2. The number of amides is 2. The molecule has 0 aromatic heterocycles. The van der Waals surface area contributed by atoms with Gasteiger partial charge in [-0.05, 0) is 25.0 Å². The highest BCUT2D eigenvalue weighted by molar-refractivity contribution is 5.90. The predicted octanol–water partition coefficient (Wildman–Crippen LogP) is 2.21. The average Bonchev–Trinajstić information content (AvgIpc) is 2.62. The van der Waals surface area contributed by atoms with Crippen molar-refractivity contribution in [2.75, 3.05) is 0 Å². The van der Waals surface area contributed by atoms with E-state index in [-0.39, 0.29) is 24.4 Å². The van der Waals surface area contributed by atoms with Crippen LogP contribution in [0, 0.1) is 0 Å². The molecule has 0 spiro atoms. The Bertz CT molecular complexity index is 744. The van der Waals surface area contributed by atoms with Gasteiger partial charge in [0.25, 0.3) is 0 Å². The van der Waals surface area contributed by atoms with Crippen LogP contribution in [0.15, 0.2) is 60.7 Å². The van der Waals surface area contributed by atoms with Gasteiger partial charge in [-0.1, -0.05) is 60.7 Å². The number of nitrogens with one attached hydrogen (secondary N) is 3. The van der Waals surface area contributed by atoms with E-state index in [9.17, 15) is 9.59 Å². The Labute approximate surface area is 147 Å². The average molecular weight is 337 g/mol. The lowest BCUT2D eigenvalue weighted by Gasteiger charge is -2.34. The zero-order valence-corrected chi connectivity index (χ0v) is 14.5. The number of hydrogen-bond donors (Lipinski definition) is 3. The fourth-order valence-electron chi connectivity index (χ4n) is 3.02. The summed E-state index contributed by atoms with van der Waals surface area (Å²) in [5.74, 6) is -0.310. The van der Waals surface area contributed by atoms with Crippen molar-refractivity contribution >= 4 is 11.8 Å². The van der Waals surface area contributed by atoms with E-state index in [1.54, 1.807) is 0 Å². The summed E-state index contributed by atoms with van der Waals surface area (Å²) in [5, 5.41) is 9.17. The molecule has 5 heteroatoms. The Hall–Kier alpha value is -2.66. The van der Waals surface area contributed by atoms with Gasteiger partial charge in [0.1, 0.15) is 6.17 Å². The summed E-state index contributed by atoms with van der Waals surface area (Å²) < 4.78 is 0. The zero-order chi connectivity index (χ0) is 17.9. The number of rotatable bonds is 4. The highest BCUT2D eigenvalue weighted by Gasteiger charge is 2.34. The molecular weight excluding hydrogens is 314 g/mol. The summed E-state index contributed by atoms with van der Waals surface area (Å²) in [5.41, 5.74) is 1.43. The lowest BCUT2D eigenvalue weighted by molar-refractivity contribution is -0.132. The van der Waals surface area contributed by atoms with Crippen molar-refractivity contribution in [3.63, 3.8) is 0 Å². The Balaban J connectivity index is 1.72. The van der Waals surface area contributed by atoms with Gasteiger partial charge in [-0.25, -0.2) is 0 Å². The smallest absolute Gasteiger partial charge is 0.238 e. The predicted molar refractivity (Wildman–Crippen MR) is 96.5 cm³/mol. The summed E-state index contributed by atoms with van der Waals surface area (Å²) in [6.07, 6.45) is -0.238. The number of benzene rings is 2. The molecule has 0 radical (unpaired) electrons. The van der Waals surface area contributed by atoms with Gasteiger partial charge in [0.05, 0.1) is 18.0 Å². The second-order valence-corrected chi connectivity index (χ2v) is 6.81. The van der Waals surface area contributed by atoms with E-state index in [0.29, 0.717) is 0 Å². The van der Waals surface area contributed by atoms with E-state index in [1.807, 2.05) is 74.5 Å². The Kier molecular flexibility index (Phi) is 4.86. The first-order valence-corrected chi connectivity index (χ1v) is 8.43. The molecule has 1 aliphatic heterocycles. The third-order valence-electron chi connectivity index (χ3n) is 4.44. The van der Waals surface area contributed by atoms with Crippen LogP contribution in [0.4, 0.5) is 0 Å². The van der Waals surface area contributed by atoms with Gasteiger partial charge in [0, 0.05) is 0 Å². The maximum atomic E-state index is 12.8. The Morgan fingerprint density at radius 1 is 1.04 bits per heavy atom. The molecule has 2 atom stereocenters. The molecule has 0 bridgehead atoms. The molecule has 130 valence electrons. The summed E-state index contributed by atoms with van der Waals surface area (Å²) in [7, 11) is 0. The van der Waals surface area contributed by atoms with Crippen molar-refractivity contribution in [3.05, 3.63) is 71.8 Å². The standard InChI is InChI=1S/C20H23N3O2/c1-20(2,15-11-7-4-8-12-15)23-19(25)16-13-17(24)22-18(21-16)14-9-5-3-6-10-14/h3-12,16,18,21H,13H2,1-2H3,(H,22,24)(H,23,25). The van der Waals surface area contributed by atoms with E-state index >= 15 is 0 Å². The molecule has 1 fully saturated rings. The maximum absolute atomic E-state index is 12.8. The molecule has 2 aromatic rings. The largest absolute Gasteiger partial charge is 0.346 e. The molecule has 0 aliphatic carbocycles. The van der Waals surface area contributed by atoms with Crippen LogP contribution in [-0.4, -0.2) is 17.9 Å². The molecule has 1 aliphatic rings. The van der Waals surface area contributed by atoms with Crippen molar-refractivity contribution in [2.24, 2.45) is 0 Å². The van der Waals surface area contributed by atoms with Crippen LogP contribution in [0.1, 0.15) is 37.6 Å². The van der Waals surface area contributed by atoms with E-state index in [2.05, 4.69) is 16.0 Å². The summed E-state index contributed by atoms with van der Waals surface area (Å²) in [6, 6.07) is 18.8. The fraction of sp³-hybridized carbons (Fsp3) is 0.300. The molecule has 1 heterocycles. The number of carbonyl (C=O) groups excluding carboxylic acids is 2. The minimum absolute atomic E-state index is 0.125. The van der Waals surface area contributed by atoms with Crippen molar-refractivity contribution < 1.29 is 9.59 Å². The molecule has 2 aromatic carbocycles. The normalized spacial score (nSPS) is 20.6. The quantitative estimate of drug-likeness (QED) is 0.801. The first kappa shape index (κ1) is 17.2. The molecule has 1 saturated heterocycles. The summed E-state index contributed by atoms with van der Waals surface area (Å²) >= 11 is 0. The second kappa shape index (κ2) is 7.07. The van der Waals surface area contributed by atoms with Gasteiger partial charge in [0.15, 0.2) is 0 Å². The maximum Gasteiger partial charge on any atom is 0.238 e. The third kappa shape index (κ3) is 4.06. The van der Waals surface area contributed by atoms with E-state index in [0.717, 1.165) is 11.1 Å². The van der Waals surface area contributed by atoms with Crippen molar-refractivity contribution in [2.45, 2.75) is 38.0 Å². The van der Waals surface area contributed by atoms with Crippen molar-refractivity contribution in [1.29, 1.82) is 0 Å². The van der Waals surface area contributed by atoms with Crippen LogP contribution in [0.25, 0.3) is 0 Å². The molecule has 0 saturated carbocycles. The molecule has 25 heavy (non-hydrogen) atoms. The monoisotopic (exact) mass is 337 g/mol. The zero-order valence-electron chi connectivity index (χ0n) is 14.5. The van der Waals surface area contributed by atoms with Gasteiger partial charge in [0.2, 0.25) is 11.8 Å². The first-order valence-electron chi connectivity index (χ1n) is 8.43. The first-order chi connectivity index (χ1) is 12.0. The third-order valence-corrected chi connectivity index (χ3v) is 4.44. The minimum Gasteiger partial charge on any atom is -0.346 e. The van der Waals surface area contributed by atoms with E-state index in [4.69, 9.17) is 0 Å². The van der Waals surface area contributed by atoms with E-state index in [1.165, 1.54) is 0 Å². The number of carbonyl (C=O) groups is 2.